The van der Waals surface area contributed by atoms with E-state index in [-0.39, 0.29) is 23.1 Å². The molecular weight excluding hydrogens is 320 g/mol. The van der Waals surface area contributed by atoms with Crippen LogP contribution in [0.4, 0.5) is 0 Å². The van der Waals surface area contributed by atoms with E-state index in [2.05, 4.69) is 21.7 Å². The Morgan fingerprint density at radius 2 is 1.76 bits per heavy atom. The number of carbonyl (C=O) groups excluding carboxylic acids is 3. The fourth-order valence-corrected chi connectivity index (χ4v) is 4.18. The quantitative estimate of drug-likeness (QED) is 0.548. The van der Waals surface area contributed by atoms with Gasteiger partial charge in [-0.25, -0.2) is 0 Å². The molecule has 2 heterocycles. The Bertz CT molecular complexity index is 549. The average Bonchev–Trinajstić information content (AvgIpc) is 3.16. The SMILES string of the molecule is C=CCNC(=O)CN1CCN(CN2C(=O)CC3(CCCC3)C2=O)CC1. The van der Waals surface area contributed by atoms with Crippen molar-refractivity contribution in [2.24, 2.45) is 5.41 Å². The molecule has 0 aromatic rings. The van der Waals surface area contributed by atoms with E-state index in [1.54, 1.807) is 6.08 Å². The van der Waals surface area contributed by atoms with Gasteiger partial charge in [0.25, 0.3) is 0 Å². The molecule has 3 rings (SSSR count). The Balaban J connectivity index is 1.46. The summed E-state index contributed by atoms with van der Waals surface area (Å²) in [5.41, 5.74) is -0.387. The topological polar surface area (TPSA) is 73.0 Å². The number of nitrogens with zero attached hydrogens (tertiary/aromatic N) is 3. The van der Waals surface area contributed by atoms with Crippen molar-refractivity contribution in [1.82, 2.24) is 20.0 Å². The first-order valence-electron chi connectivity index (χ1n) is 9.21. The van der Waals surface area contributed by atoms with E-state index in [9.17, 15) is 14.4 Å². The van der Waals surface area contributed by atoms with Crippen LogP contribution in [-0.4, -0.2) is 78.4 Å². The molecule has 3 aliphatic rings. The second-order valence-corrected chi connectivity index (χ2v) is 7.42. The minimum atomic E-state index is -0.387. The van der Waals surface area contributed by atoms with Gasteiger partial charge in [0.05, 0.1) is 18.6 Å². The summed E-state index contributed by atoms with van der Waals surface area (Å²) in [7, 11) is 0. The zero-order valence-electron chi connectivity index (χ0n) is 14.8. The Kier molecular flexibility index (Phi) is 5.54. The van der Waals surface area contributed by atoms with Crippen molar-refractivity contribution < 1.29 is 14.4 Å². The average molecular weight is 348 g/mol. The summed E-state index contributed by atoms with van der Waals surface area (Å²) in [6.07, 6.45) is 5.90. The highest BCUT2D eigenvalue weighted by Crippen LogP contribution is 2.46. The minimum absolute atomic E-state index is 0.00132. The third kappa shape index (κ3) is 3.93. The maximum absolute atomic E-state index is 12.7. The molecule has 0 aromatic heterocycles. The lowest BCUT2D eigenvalue weighted by molar-refractivity contribution is -0.144. The fourth-order valence-electron chi connectivity index (χ4n) is 4.18. The summed E-state index contributed by atoms with van der Waals surface area (Å²) in [5, 5.41) is 2.78. The number of piperazine rings is 1. The summed E-state index contributed by atoms with van der Waals surface area (Å²) < 4.78 is 0. The molecule has 2 aliphatic heterocycles. The Morgan fingerprint density at radius 1 is 1.12 bits per heavy atom. The molecule has 2 saturated heterocycles. The molecule has 0 radical (unpaired) electrons. The molecule has 3 amide bonds. The van der Waals surface area contributed by atoms with Crippen LogP contribution in [0.3, 0.4) is 0 Å². The van der Waals surface area contributed by atoms with E-state index in [0.717, 1.165) is 51.9 Å². The predicted octanol–water partition coefficient (Wildman–Crippen LogP) is 0.183. The van der Waals surface area contributed by atoms with Crippen molar-refractivity contribution in [2.45, 2.75) is 32.1 Å². The van der Waals surface area contributed by atoms with Gasteiger partial charge in [0, 0.05) is 39.1 Å². The standard InChI is InChI=1S/C18H28N4O3/c1-2-7-19-15(23)13-20-8-10-21(11-9-20)14-22-16(24)12-18(17(22)25)5-3-4-6-18/h2H,1,3-14H2,(H,19,23). The second kappa shape index (κ2) is 7.66. The molecular formula is C18H28N4O3. The van der Waals surface area contributed by atoms with Crippen molar-refractivity contribution in [1.29, 1.82) is 0 Å². The minimum Gasteiger partial charge on any atom is -0.352 e. The van der Waals surface area contributed by atoms with Crippen LogP contribution >= 0.6 is 0 Å². The molecule has 0 unspecified atom stereocenters. The normalized spacial score (nSPS) is 24.2. The van der Waals surface area contributed by atoms with Crippen LogP contribution in [0.1, 0.15) is 32.1 Å². The van der Waals surface area contributed by atoms with Gasteiger partial charge in [-0.05, 0) is 12.8 Å². The van der Waals surface area contributed by atoms with Crippen LogP contribution < -0.4 is 5.32 Å². The first-order chi connectivity index (χ1) is 12.0. The summed E-state index contributed by atoms with van der Waals surface area (Å²) in [6, 6.07) is 0. The highest BCUT2D eigenvalue weighted by atomic mass is 16.2. The molecule has 1 saturated carbocycles. The third-order valence-corrected chi connectivity index (χ3v) is 5.67. The summed E-state index contributed by atoms with van der Waals surface area (Å²) >= 11 is 0. The largest absolute Gasteiger partial charge is 0.352 e. The van der Waals surface area contributed by atoms with E-state index in [1.165, 1.54) is 4.90 Å². The molecule has 7 nitrogen and oxygen atoms in total. The fraction of sp³-hybridized carbons (Fsp3) is 0.722. The molecule has 0 atom stereocenters. The second-order valence-electron chi connectivity index (χ2n) is 7.42. The Hall–Kier alpha value is -1.73. The number of imide groups is 1. The number of amides is 3. The highest BCUT2D eigenvalue weighted by molar-refractivity contribution is 6.06. The number of hydrogen-bond acceptors (Lipinski definition) is 5. The molecule has 1 N–H and O–H groups in total. The van der Waals surface area contributed by atoms with E-state index in [4.69, 9.17) is 0 Å². The lowest BCUT2D eigenvalue weighted by Gasteiger charge is -2.36. The summed E-state index contributed by atoms with van der Waals surface area (Å²) in [4.78, 5) is 42.5. The van der Waals surface area contributed by atoms with E-state index in [1.807, 2.05) is 0 Å². The first kappa shape index (κ1) is 18.1. The predicted molar refractivity (Wildman–Crippen MR) is 93.5 cm³/mol. The van der Waals surface area contributed by atoms with E-state index in [0.29, 0.717) is 26.2 Å². The zero-order chi connectivity index (χ0) is 17.9. The van der Waals surface area contributed by atoms with Crippen LogP contribution in [0.25, 0.3) is 0 Å². The Labute approximate surface area is 149 Å². The molecule has 1 spiro atoms. The molecule has 25 heavy (non-hydrogen) atoms. The summed E-state index contributed by atoms with van der Waals surface area (Å²) in [5.74, 6) is 0.0285. The molecule has 0 aromatic carbocycles. The third-order valence-electron chi connectivity index (χ3n) is 5.67. The van der Waals surface area contributed by atoms with Gasteiger partial charge < -0.3 is 5.32 Å². The molecule has 3 fully saturated rings. The molecule has 7 heteroatoms. The number of rotatable bonds is 6. The molecule has 0 bridgehead atoms. The van der Waals surface area contributed by atoms with E-state index >= 15 is 0 Å². The van der Waals surface area contributed by atoms with Crippen molar-refractivity contribution >= 4 is 17.7 Å². The van der Waals surface area contributed by atoms with Gasteiger partial charge in [-0.15, -0.1) is 6.58 Å². The van der Waals surface area contributed by atoms with Crippen LogP contribution in [0, 0.1) is 5.41 Å². The van der Waals surface area contributed by atoms with Crippen LogP contribution in [0.5, 0.6) is 0 Å². The summed E-state index contributed by atoms with van der Waals surface area (Å²) in [6.45, 7) is 7.91. The molecule has 1 aliphatic carbocycles. The van der Waals surface area contributed by atoms with Gasteiger partial charge >= 0.3 is 0 Å². The molecule has 138 valence electrons. The zero-order valence-corrected chi connectivity index (χ0v) is 14.8. The van der Waals surface area contributed by atoms with Gasteiger partial charge in [0.15, 0.2) is 0 Å². The van der Waals surface area contributed by atoms with Crippen molar-refractivity contribution in [3.05, 3.63) is 12.7 Å². The van der Waals surface area contributed by atoms with Gasteiger partial charge in [0.2, 0.25) is 17.7 Å². The van der Waals surface area contributed by atoms with Crippen LogP contribution in [0.2, 0.25) is 0 Å². The number of carbonyl (C=O) groups is 3. The Morgan fingerprint density at radius 3 is 2.40 bits per heavy atom. The lowest BCUT2D eigenvalue weighted by Crippen LogP contribution is -2.53. The number of hydrogen-bond donors (Lipinski definition) is 1. The number of nitrogens with one attached hydrogen (secondary N) is 1. The number of likely N-dealkylation sites (tertiary alicyclic amines) is 1. The van der Waals surface area contributed by atoms with Crippen LogP contribution in [0.15, 0.2) is 12.7 Å². The highest BCUT2D eigenvalue weighted by Gasteiger charge is 2.52. The first-order valence-corrected chi connectivity index (χ1v) is 9.21. The monoisotopic (exact) mass is 348 g/mol. The smallest absolute Gasteiger partial charge is 0.237 e. The van der Waals surface area contributed by atoms with Gasteiger partial charge in [-0.3, -0.25) is 29.1 Å². The maximum Gasteiger partial charge on any atom is 0.237 e. The van der Waals surface area contributed by atoms with Gasteiger partial charge in [-0.1, -0.05) is 18.9 Å². The van der Waals surface area contributed by atoms with E-state index < -0.39 is 0 Å². The van der Waals surface area contributed by atoms with Gasteiger partial charge in [0.1, 0.15) is 0 Å². The van der Waals surface area contributed by atoms with Gasteiger partial charge in [-0.2, -0.15) is 0 Å². The lowest BCUT2D eigenvalue weighted by atomic mass is 9.85. The van der Waals surface area contributed by atoms with Crippen molar-refractivity contribution in [3.63, 3.8) is 0 Å². The van der Waals surface area contributed by atoms with Crippen molar-refractivity contribution in [2.75, 3.05) is 45.9 Å². The maximum atomic E-state index is 12.7. The van der Waals surface area contributed by atoms with Crippen molar-refractivity contribution in [3.8, 4) is 0 Å². The van der Waals surface area contributed by atoms with Crippen LogP contribution in [-0.2, 0) is 14.4 Å².